The van der Waals surface area contributed by atoms with E-state index in [1.54, 1.807) is 0 Å². The van der Waals surface area contributed by atoms with Gasteiger partial charge >= 0.3 is 5.97 Å². The van der Waals surface area contributed by atoms with E-state index >= 15 is 0 Å². The number of carbonyl (C=O) groups excluding carboxylic acids is 1. The second kappa shape index (κ2) is 11.9. The number of terminal acetylenes is 1. The van der Waals surface area contributed by atoms with Gasteiger partial charge in [0.2, 0.25) is 5.91 Å². The maximum Gasteiger partial charge on any atom is 0.329 e. The molecule has 0 aliphatic rings. The van der Waals surface area contributed by atoms with Gasteiger partial charge in [0.05, 0.1) is 33.0 Å². The molecule has 0 saturated heterocycles. The first-order valence-electron chi connectivity index (χ1n) is 5.32. The van der Waals surface area contributed by atoms with Crippen molar-refractivity contribution in [3.63, 3.8) is 0 Å². The summed E-state index contributed by atoms with van der Waals surface area (Å²) in [5.41, 5.74) is 0. The summed E-state index contributed by atoms with van der Waals surface area (Å²) < 4.78 is 14.8. The fraction of sp³-hybridized carbons (Fsp3) is 0.636. The number of nitrogens with one attached hydrogen (secondary N) is 1. The molecule has 0 radical (unpaired) electrons. The van der Waals surface area contributed by atoms with Crippen molar-refractivity contribution in [2.45, 2.75) is 0 Å². The van der Waals surface area contributed by atoms with Crippen molar-refractivity contribution >= 4 is 11.9 Å². The highest BCUT2D eigenvalue weighted by atomic mass is 16.5. The van der Waals surface area contributed by atoms with Crippen LogP contribution < -0.4 is 5.32 Å². The van der Waals surface area contributed by atoms with Gasteiger partial charge in [0.1, 0.15) is 13.2 Å². The summed E-state index contributed by atoms with van der Waals surface area (Å²) in [6, 6.07) is 0. The lowest BCUT2D eigenvalue weighted by atomic mass is 10.6. The number of hydrogen-bond acceptors (Lipinski definition) is 5. The number of ether oxygens (including phenoxy) is 3. The van der Waals surface area contributed by atoms with Crippen LogP contribution in [-0.4, -0.2) is 63.2 Å². The van der Waals surface area contributed by atoms with Crippen LogP contribution >= 0.6 is 0 Å². The molecule has 0 aromatic rings. The lowest BCUT2D eigenvalue weighted by Gasteiger charge is -2.05. The van der Waals surface area contributed by atoms with Gasteiger partial charge in [0.15, 0.2) is 0 Å². The predicted octanol–water partition coefficient (Wildman–Crippen LogP) is -1.13. The van der Waals surface area contributed by atoms with Gasteiger partial charge in [-0.3, -0.25) is 4.79 Å². The molecule has 0 fully saturated rings. The maximum absolute atomic E-state index is 11.0. The van der Waals surface area contributed by atoms with Crippen LogP contribution in [-0.2, 0) is 23.8 Å². The Morgan fingerprint density at radius 2 is 1.61 bits per heavy atom. The van der Waals surface area contributed by atoms with Crippen LogP contribution in [0.15, 0.2) is 0 Å². The Balaban J connectivity index is 3.14. The molecule has 1 amide bonds. The zero-order valence-electron chi connectivity index (χ0n) is 10.0. The third-order valence-electron chi connectivity index (χ3n) is 1.59. The Kier molecular flexibility index (Phi) is 10.8. The molecule has 0 aliphatic carbocycles. The maximum atomic E-state index is 11.0. The largest absolute Gasteiger partial charge is 0.480 e. The SMILES string of the molecule is C#CCNC(=O)COCCOCCOCC(=O)O. The number of carboxylic acid groups (broad SMARTS) is 1. The second-order valence-corrected chi connectivity index (χ2v) is 3.09. The van der Waals surface area contributed by atoms with Crippen LogP contribution in [0.5, 0.6) is 0 Å². The van der Waals surface area contributed by atoms with Gasteiger partial charge in [-0.2, -0.15) is 0 Å². The molecular weight excluding hydrogens is 242 g/mol. The summed E-state index contributed by atoms with van der Waals surface area (Å²) in [6.07, 6.45) is 4.96. The van der Waals surface area contributed by atoms with Crippen molar-refractivity contribution in [3.05, 3.63) is 0 Å². The standard InChI is InChI=1S/C11H17NO6/c1-2-3-12-10(13)8-17-6-4-16-5-7-18-9-11(14)15/h1H,3-9H2,(H,12,13)(H,14,15). The number of aliphatic carboxylic acids is 1. The fourth-order valence-corrected chi connectivity index (χ4v) is 0.863. The summed E-state index contributed by atoms with van der Waals surface area (Å²) in [4.78, 5) is 21.1. The molecule has 18 heavy (non-hydrogen) atoms. The molecule has 0 aliphatic heterocycles. The summed E-state index contributed by atoms with van der Waals surface area (Å²) in [6.45, 7) is 0.825. The highest BCUT2D eigenvalue weighted by Gasteiger charge is 1.99. The number of hydrogen-bond donors (Lipinski definition) is 2. The Bertz CT molecular complexity index is 286. The van der Waals surface area contributed by atoms with Crippen molar-refractivity contribution in [1.29, 1.82) is 0 Å². The van der Waals surface area contributed by atoms with Crippen LogP contribution in [0.2, 0.25) is 0 Å². The van der Waals surface area contributed by atoms with E-state index in [0.717, 1.165) is 0 Å². The third kappa shape index (κ3) is 12.4. The first-order chi connectivity index (χ1) is 8.66. The minimum atomic E-state index is -1.02. The minimum absolute atomic E-state index is 0.0689. The molecule has 0 saturated carbocycles. The van der Waals surface area contributed by atoms with E-state index < -0.39 is 5.97 Å². The van der Waals surface area contributed by atoms with Gasteiger partial charge in [-0.05, 0) is 0 Å². The Morgan fingerprint density at radius 3 is 2.17 bits per heavy atom. The van der Waals surface area contributed by atoms with Crippen molar-refractivity contribution in [1.82, 2.24) is 5.32 Å². The van der Waals surface area contributed by atoms with Crippen molar-refractivity contribution < 1.29 is 28.9 Å². The molecule has 0 heterocycles. The molecule has 102 valence electrons. The molecule has 2 N–H and O–H groups in total. The van der Waals surface area contributed by atoms with Crippen molar-refractivity contribution in [2.24, 2.45) is 0 Å². The molecule has 0 aromatic heterocycles. The number of carbonyl (C=O) groups is 2. The normalized spacial score (nSPS) is 9.72. The monoisotopic (exact) mass is 259 g/mol. The van der Waals surface area contributed by atoms with Gasteiger partial charge in [-0.15, -0.1) is 6.42 Å². The highest BCUT2D eigenvalue weighted by Crippen LogP contribution is 1.81. The van der Waals surface area contributed by atoms with Crippen molar-refractivity contribution in [3.8, 4) is 12.3 Å². The van der Waals surface area contributed by atoms with Gasteiger partial charge in [-0.1, -0.05) is 5.92 Å². The van der Waals surface area contributed by atoms with Crippen LogP contribution in [0.4, 0.5) is 0 Å². The van der Waals surface area contributed by atoms with E-state index in [1.165, 1.54) is 0 Å². The van der Waals surface area contributed by atoms with Crippen LogP contribution in [0.3, 0.4) is 0 Å². The first kappa shape index (κ1) is 16.4. The summed E-state index contributed by atoms with van der Waals surface area (Å²) in [7, 11) is 0. The van der Waals surface area contributed by atoms with Crippen LogP contribution in [0, 0.1) is 12.3 Å². The second-order valence-electron chi connectivity index (χ2n) is 3.09. The fourth-order valence-electron chi connectivity index (χ4n) is 0.863. The van der Waals surface area contributed by atoms with Crippen LogP contribution in [0.25, 0.3) is 0 Å². The molecule has 0 rings (SSSR count). The molecule has 7 nitrogen and oxygen atoms in total. The van der Waals surface area contributed by atoms with E-state index in [2.05, 4.69) is 11.2 Å². The minimum Gasteiger partial charge on any atom is -0.480 e. The molecule has 0 bridgehead atoms. The number of amides is 1. The van der Waals surface area contributed by atoms with E-state index in [9.17, 15) is 9.59 Å². The number of rotatable bonds is 11. The van der Waals surface area contributed by atoms with E-state index in [1.807, 2.05) is 0 Å². The average Bonchev–Trinajstić information content (AvgIpc) is 2.34. The zero-order valence-corrected chi connectivity index (χ0v) is 10.0. The number of carboxylic acids is 1. The lowest BCUT2D eigenvalue weighted by Crippen LogP contribution is -2.28. The Labute approximate surface area is 105 Å². The molecule has 0 unspecified atom stereocenters. The topological polar surface area (TPSA) is 94.1 Å². The smallest absolute Gasteiger partial charge is 0.329 e. The van der Waals surface area contributed by atoms with Crippen molar-refractivity contribution in [2.75, 3.05) is 46.2 Å². The van der Waals surface area contributed by atoms with Gasteiger partial charge in [0, 0.05) is 0 Å². The molecule has 0 spiro atoms. The lowest BCUT2D eigenvalue weighted by molar-refractivity contribution is -0.142. The molecule has 0 aromatic carbocycles. The quantitative estimate of drug-likeness (QED) is 0.360. The van der Waals surface area contributed by atoms with Gasteiger partial charge < -0.3 is 24.6 Å². The van der Waals surface area contributed by atoms with E-state index in [-0.39, 0.29) is 45.5 Å². The first-order valence-corrected chi connectivity index (χ1v) is 5.32. The Morgan fingerprint density at radius 1 is 1.06 bits per heavy atom. The van der Waals surface area contributed by atoms with Crippen LogP contribution in [0.1, 0.15) is 0 Å². The molecule has 0 atom stereocenters. The van der Waals surface area contributed by atoms with Gasteiger partial charge in [0.25, 0.3) is 0 Å². The predicted molar refractivity (Wildman–Crippen MR) is 61.9 cm³/mol. The Hall–Kier alpha value is -1.62. The molecule has 7 heteroatoms. The zero-order chi connectivity index (χ0) is 13.6. The summed E-state index contributed by atoms with van der Waals surface area (Å²) in [5, 5.41) is 10.7. The van der Waals surface area contributed by atoms with E-state index in [0.29, 0.717) is 6.61 Å². The third-order valence-corrected chi connectivity index (χ3v) is 1.59. The summed E-state index contributed by atoms with van der Waals surface area (Å²) >= 11 is 0. The summed E-state index contributed by atoms with van der Waals surface area (Å²) in [5.74, 6) is 0.972. The van der Waals surface area contributed by atoms with E-state index in [4.69, 9.17) is 25.7 Å². The highest BCUT2D eigenvalue weighted by molar-refractivity contribution is 5.77. The van der Waals surface area contributed by atoms with Gasteiger partial charge in [-0.25, -0.2) is 4.79 Å². The average molecular weight is 259 g/mol. The molecular formula is C11H17NO6.